The van der Waals surface area contributed by atoms with Crippen LogP contribution in [0.1, 0.15) is 36.3 Å². The fourth-order valence-corrected chi connectivity index (χ4v) is 4.48. The molecule has 0 spiro atoms. The van der Waals surface area contributed by atoms with E-state index in [9.17, 15) is 0 Å². The van der Waals surface area contributed by atoms with Gasteiger partial charge >= 0.3 is 0 Å². The summed E-state index contributed by atoms with van der Waals surface area (Å²) in [5.41, 5.74) is 2.28. The fraction of sp³-hybridized carbons (Fsp3) is 0.524. The maximum Gasteiger partial charge on any atom is 0.170 e. The highest BCUT2D eigenvalue weighted by atomic mass is 32.1. The average molecular weight is 400 g/mol. The molecule has 6 nitrogen and oxygen atoms in total. The van der Waals surface area contributed by atoms with Gasteiger partial charge in [0.25, 0.3) is 0 Å². The van der Waals surface area contributed by atoms with Gasteiger partial charge < -0.3 is 24.4 Å². The Hall–Kier alpha value is -1.96. The summed E-state index contributed by atoms with van der Waals surface area (Å²) in [7, 11) is 4.19. The fourth-order valence-electron chi connectivity index (χ4n) is 4.15. The van der Waals surface area contributed by atoms with Gasteiger partial charge in [-0.15, -0.1) is 0 Å². The summed E-state index contributed by atoms with van der Waals surface area (Å²) in [5.74, 6) is 0. The highest BCUT2D eigenvalue weighted by Gasteiger charge is 2.41. The minimum Gasteiger partial charge on any atom is -0.376 e. The highest BCUT2D eigenvalue weighted by molar-refractivity contribution is 7.80. The molecule has 2 aromatic heterocycles. The number of aromatic nitrogens is 2. The summed E-state index contributed by atoms with van der Waals surface area (Å²) in [4.78, 5) is 9.13. The molecule has 4 rings (SSSR count). The molecule has 2 aliphatic heterocycles. The van der Waals surface area contributed by atoms with E-state index in [-0.39, 0.29) is 12.1 Å². The van der Waals surface area contributed by atoms with Gasteiger partial charge in [0.1, 0.15) is 0 Å². The molecular formula is C21H29N5OS. The summed E-state index contributed by atoms with van der Waals surface area (Å²) >= 11 is 5.74. The Morgan fingerprint density at radius 2 is 2.18 bits per heavy atom. The van der Waals surface area contributed by atoms with Crippen molar-refractivity contribution < 1.29 is 4.74 Å². The normalized spacial score (nSPS) is 24.9. The molecule has 0 aromatic carbocycles. The van der Waals surface area contributed by atoms with Gasteiger partial charge in [-0.05, 0) is 63.4 Å². The number of hydrogen-bond donors (Lipinski definition) is 1. The van der Waals surface area contributed by atoms with Crippen LogP contribution in [0.2, 0.25) is 0 Å². The molecule has 0 radical (unpaired) electrons. The van der Waals surface area contributed by atoms with Gasteiger partial charge in [-0.3, -0.25) is 4.98 Å². The monoisotopic (exact) mass is 399 g/mol. The van der Waals surface area contributed by atoms with E-state index in [1.165, 1.54) is 5.69 Å². The molecule has 7 heteroatoms. The zero-order valence-electron chi connectivity index (χ0n) is 16.6. The van der Waals surface area contributed by atoms with Crippen LogP contribution < -0.4 is 5.32 Å². The van der Waals surface area contributed by atoms with Gasteiger partial charge in [0.2, 0.25) is 0 Å². The molecule has 3 atom stereocenters. The van der Waals surface area contributed by atoms with Crippen LogP contribution in [0.5, 0.6) is 0 Å². The van der Waals surface area contributed by atoms with Crippen molar-refractivity contribution >= 4 is 17.3 Å². The van der Waals surface area contributed by atoms with Crippen LogP contribution in [0.15, 0.2) is 42.7 Å². The molecule has 3 unspecified atom stereocenters. The molecule has 28 heavy (non-hydrogen) atoms. The highest BCUT2D eigenvalue weighted by Crippen LogP contribution is 2.38. The minimum atomic E-state index is 0.0361. The molecular weight excluding hydrogens is 370 g/mol. The van der Waals surface area contributed by atoms with Crippen LogP contribution in [0.3, 0.4) is 0 Å². The Morgan fingerprint density at radius 1 is 1.29 bits per heavy atom. The van der Waals surface area contributed by atoms with E-state index in [0.29, 0.717) is 6.10 Å². The van der Waals surface area contributed by atoms with Crippen LogP contribution >= 0.6 is 12.2 Å². The molecule has 150 valence electrons. The van der Waals surface area contributed by atoms with Crippen LogP contribution in [-0.2, 0) is 11.3 Å². The Balaban J connectivity index is 1.66. The number of rotatable bonds is 7. The lowest BCUT2D eigenvalue weighted by atomic mass is 10.0. The van der Waals surface area contributed by atoms with Crippen LogP contribution in [-0.4, -0.2) is 64.4 Å². The van der Waals surface area contributed by atoms with Gasteiger partial charge in [0, 0.05) is 44.3 Å². The third-order valence-electron chi connectivity index (χ3n) is 5.58. The number of thiocarbonyl (C=S) groups is 1. The number of nitrogens with one attached hydrogen (secondary N) is 1. The number of hydrogen-bond acceptors (Lipinski definition) is 4. The Labute approximate surface area is 172 Å². The van der Waals surface area contributed by atoms with Crippen molar-refractivity contribution in [3.05, 3.63) is 54.1 Å². The molecule has 0 saturated carbocycles. The van der Waals surface area contributed by atoms with Gasteiger partial charge in [-0.25, -0.2) is 0 Å². The SMILES string of the molecule is CN(C)CCN1C(=S)NC(c2ccccn2)C1c1cccn1CC1CCCO1. The second kappa shape index (κ2) is 8.59. The lowest BCUT2D eigenvalue weighted by molar-refractivity contribution is 0.0953. The second-order valence-corrected chi connectivity index (χ2v) is 8.23. The van der Waals surface area contributed by atoms with Gasteiger partial charge in [0.05, 0.1) is 23.9 Å². The molecule has 1 N–H and O–H groups in total. The smallest absolute Gasteiger partial charge is 0.170 e. The van der Waals surface area contributed by atoms with Crippen LogP contribution in [0.25, 0.3) is 0 Å². The van der Waals surface area contributed by atoms with Crippen molar-refractivity contribution in [1.29, 1.82) is 0 Å². The van der Waals surface area contributed by atoms with E-state index in [0.717, 1.165) is 49.9 Å². The third-order valence-corrected chi connectivity index (χ3v) is 5.93. The summed E-state index contributed by atoms with van der Waals surface area (Å²) in [6.45, 7) is 3.58. The Bertz CT molecular complexity index is 787. The quantitative estimate of drug-likeness (QED) is 0.722. The maximum absolute atomic E-state index is 5.89. The zero-order valence-corrected chi connectivity index (χ0v) is 17.4. The first kappa shape index (κ1) is 19.4. The third kappa shape index (κ3) is 4.06. The van der Waals surface area contributed by atoms with Crippen LogP contribution in [0, 0.1) is 0 Å². The standard InChI is InChI=1S/C21H29N5OS/c1-24(2)12-13-26-20(19(23-21(26)28)17-8-3-4-10-22-17)18-9-5-11-25(18)15-16-7-6-14-27-16/h3-5,8-11,16,19-20H,6-7,12-15H2,1-2H3,(H,23,28). The number of pyridine rings is 1. The molecule has 2 aromatic rings. The van der Waals surface area contributed by atoms with Gasteiger partial charge in [-0.1, -0.05) is 6.07 Å². The van der Waals surface area contributed by atoms with Crippen molar-refractivity contribution in [3.8, 4) is 0 Å². The zero-order chi connectivity index (χ0) is 19.5. The summed E-state index contributed by atoms with van der Waals surface area (Å²) in [6, 6.07) is 10.6. The average Bonchev–Trinajstić information content (AvgIpc) is 3.42. The lowest BCUT2D eigenvalue weighted by Crippen LogP contribution is -2.36. The first-order valence-electron chi connectivity index (χ1n) is 10.0. The van der Waals surface area contributed by atoms with Crippen molar-refractivity contribution in [3.63, 3.8) is 0 Å². The largest absolute Gasteiger partial charge is 0.376 e. The first-order chi connectivity index (χ1) is 13.6. The van der Waals surface area contributed by atoms with E-state index < -0.39 is 0 Å². The molecule has 2 fully saturated rings. The Kier molecular flexibility index (Phi) is 5.94. The molecule has 0 bridgehead atoms. The number of likely N-dealkylation sites (N-methyl/N-ethyl adjacent to an activating group) is 1. The number of nitrogens with zero attached hydrogens (tertiary/aromatic N) is 4. The van der Waals surface area contributed by atoms with E-state index in [2.05, 4.69) is 63.2 Å². The van der Waals surface area contributed by atoms with Crippen molar-refractivity contribution in [2.75, 3.05) is 33.8 Å². The molecule has 4 heterocycles. The van der Waals surface area contributed by atoms with Crippen molar-refractivity contribution in [1.82, 2.24) is 24.7 Å². The first-order valence-corrected chi connectivity index (χ1v) is 10.4. The Morgan fingerprint density at radius 3 is 2.89 bits per heavy atom. The molecule has 0 amide bonds. The van der Waals surface area contributed by atoms with E-state index in [1.807, 2.05) is 18.3 Å². The van der Waals surface area contributed by atoms with Crippen LogP contribution in [0.4, 0.5) is 0 Å². The lowest BCUT2D eigenvalue weighted by Gasteiger charge is -2.30. The van der Waals surface area contributed by atoms with Gasteiger partial charge in [-0.2, -0.15) is 0 Å². The second-order valence-electron chi connectivity index (χ2n) is 7.84. The predicted octanol–water partition coefficient (Wildman–Crippen LogP) is 2.60. The molecule has 0 aliphatic carbocycles. The van der Waals surface area contributed by atoms with E-state index in [4.69, 9.17) is 17.0 Å². The van der Waals surface area contributed by atoms with Crippen molar-refractivity contribution in [2.45, 2.75) is 37.6 Å². The van der Waals surface area contributed by atoms with E-state index in [1.54, 1.807) is 0 Å². The number of ether oxygens (including phenoxy) is 1. The molecule has 2 saturated heterocycles. The minimum absolute atomic E-state index is 0.0361. The van der Waals surface area contributed by atoms with E-state index >= 15 is 0 Å². The summed E-state index contributed by atoms with van der Waals surface area (Å²) < 4.78 is 8.23. The van der Waals surface area contributed by atoms with Crippen molar-refractivity contribution in [2.24, 2.45) is 0 Å². The van der Waals surface area contributed by atoms with Gasteiger partial charge in [0.15, 0.2) is 5.11 Å². The summed E-state index contributed by atoms with van der Waals surface area (Å²) in [5, 5.41) is 4.33. The predicted molar refractivity (Wildman–Crippen MR) is 114 cm³/mol. The maximum atomic E-state index is 5.89. The topological polar surface area (TPSA) is 45.6 Å². The molecule has 2 aliphatic rings. The summed E-state index contributed by atoms with van der Waals surface area (Å²) in [6.07, 6.45) is 6.61.